The number of aromatic nitrogens is 3. The van der Waals surface area contributed by atoms with Gasteiger partial charge in [-0.25, -0.2) is 4.98 Å². The van der Waals surface area contributed by atoms with Gasteiger partial charge in [0.05, 0.1) is 12.7 Å². The zero-order chi connectivity index (χ0) is 13.2. The molecule has 0 saturated carbocycles. The van der Waals surface area contributed by atoms with Gasteiger partial charge in [0.2, 0.25) is 5.95 Å². The summed E-state index contributed by atoms with van der Waals surface area (Å²) in [5.41, 5.74) is 7.55. The molecule has 2 heterocycles. The molecule has 0 bridgehead atoms. The molecule has 0 aromatic heterocycles. The highest BCUT2D eigenvalue weighted by atomic mass is 16.5. The van der Waals surface area contributed by atoms with E-state index in [1.807, 2.05) is 30.3 Å². The lowest BCUT2D eigenvalue weighted by Gasteiger charge is -2.10. The molecule has 19 heavy (non-hydrogen) atoms. The third-order valence-electron chi connectivity index (χ3n) is 2.78. The highest BCUT2D eigenvalue weighted by Crippen LogP contribution is 2.26. The third kappa shape index (κ3) is 2.15. The van der Waals surface area contributed by atoms with Crippen LogP contribution in [0.3, 0.4) is 0 Å². The molecule has 4 N–H and O–H groups in total. The topological polar surface area (TPSA) is 88.8 Å². The maximum atomic E-state index is 5.88. The molecule has 0 unspecified atom stereocenters. The van der Waals surface area contributed by atoms with Crippen molar-refractivity contribution < 1.29 is 4.74 Å². The van der Waals surface area contributed by atoms with E-state index in [0.717, 1.165) is 17.0 Å². The smallest absolute Gasteiger partial charge is 0.208 e. The second-order valence-electron chi connectivity index (χ2n) is 4.03. The minimum Gasteiger partial charge on any atom is -0.497 e. The molecule has 1 aromatic carbocycles. The first kappa shape index (κ1) is 11.3. The summed E-state index contributed by atoms with van der Waals surface area (Å²) in [5, 5.41) is 3.13. The molecule has 0 aliphatic carbocycles. The van der Waals surface area contributed by atoms with E-state index in [9.17, 15) is 0 Å². The van der Waals surface area contributed by atoms with E-state index in [1.54, 1.807) is 13.3 Å². The summed E-state index contributed by atoms with van der Waals surface area (Å²) in [6.07, 6.45) is 1.69. The normalized spacial score (nSPS) is 10.6. The number of nitrogens with zero attached hydrogens (tertiary/aromatic N) is 2. The Bertz CT molecular complexity index is 679. The minimum atomic E-state index is 0.441. The number of nitrogens with one attached hydrogen (secondary N) is 2. The van der Waals surface area contributed by atoms with Crippen LogP contribution in [0.2, 0.25) is 0 Å². The monoisotopic (exact) mass is 255 g/mol. The summed E-state index contributed by atoms with van der Waals surface area (Å²) in [6, 6.07) is 9.37. The summed E-state index contributed by atoms with van der Waals surface area (Å²) in [5.74, 6) is 2.46. The van der Waals surface area contributed by atoms with Crippen LogP contribution in [-0.4, -0.2) is 22.1 Å². The molecular weight excluding hydrogens is 242 g/mol. The number of rotatable bonds is 3. The van der Waals surface area contributed by atoms with Crippen LogP contribution in [0.15, 0.2) is 36.5 Å². The number of nitrogen functional groups attached to an aromatic ring is 1. The molecule has 6 nitrogen and oxygen atoms in total. The quantitative estimate of drug-likeness (QED) is 0.668. The third-order valence-corrected chi connectivity index (χ3v) is 2.78. The van der Waals surface area contributed by atoms with Crippen molar-refractivity contribution in [1.29, 1.82) is 0 Å². The molecule has 0 atom stereocenters. The van der Waals surface area contributed by atoms with Crippen molar-refractivity contribution in [3.05, 3.63) is 36.5 Å². The molecule has 2 aliphatic rings. The lowest BCUT2D eigenvalue weighted by Crippen LogP contribution is -2.03. The van der Waals surface area contributed by atoms with Gasteiger partial charge in [-0.1, -0.05) is 6.07 Å². The number of aromatic amines is 1. The van der Waals surface area contributed by atoms with Crippen LogP contribution in [0.5, 0.6) is 5.75 Å². The highest BCUT2D eigenvalue weighted by molar-refractivity contribution is 5.72. The van der Waals surface area contributed by atoms with Gasteiger partial charge in [0.15, 0.2) is 0 Å². The van der Waals surface area contributed by atoms with E-state index in [0.29, 0.717) is 17.6 Å². The zero-order valence-electron chi connectivity index (χ0n) is 10.3. The number of methoxy groups -OCH3 is 1. The summed E-state index contributed by atoms with van der Waals surface area (Å²) < 4.78 is 5.17. The van der Waals surface area contributed by atoms with Crippen molar-refractivity contribution in [3.8, 4) is 17.1 Å². The summed E-state index contributed by atoms with van der Waals surface area (Å²) >= 11 is 0. The van der Waals surface area contributed by atoms with Gasteiger partial charge in [0.25, 0.3) is 0 Å². The molecule has 0 spiro atoms. The average molecular weight is 255 g/mol. The van der Waals surface area contributed by atoms with Crippen LogP contribution in [0, 0.1) is 0 Å². The molecule has 96 valence electrons. The fourth-order valence-corrected chi connectivity index (χ4v) is 1.86. The van der Waals surface area contributed by atoms with Crippen LogP contribution >= 0.6 is 0 Å². The maximum Gasteiger partial charge on any atom is 0.208 e. The Labute approximate surface area is 110 Å². The number of fused-ring (bicyclic) bond motifs is 1. The molecular formula is C13H13N5O. The Hall–Kier alpha value is -2.76. The predicted molar refractivity (Wildman–Crippen MR) is 73.7 cm³/mol. The molecule has 0 amide bonds. The van der Waals surface area contributed by atoms with Crippen molar-refractivity contribution in [1.82, 2.24) is 15.0 Å². The molecule has 1 aromatic rings. The van der Waals surface area contributed by atoms with Crippen molar-refractivity contribution in [2.75, 3.05) is 18.2 Å². The lowest BCUT2D eigenvalue weighted by atomic mass is 10.3. The molecule has 6 heteroatoms. The van der Waals surface area contributed by atoms with E-state index < -0.39 is 0 Å². The number of H-pyrrole nitrogens is 1. The second kappa shape index (κ2) is 4.49. The molecule has 2 aliphatic heterocycles. The Morgan fingerprint density at radius 1 is 1.32 bits per heavy atom. The van der Waals surface area contributed by atoms with Crippen molar-refractivity contribution in [2.24, 2.45) is 0 Å². The zero-order valence-corrected chi connectivity index (χ0v) is 10.3. The predicted octanol–water partition coefficient (Wildman–Crippen LogP) is 2.24. The minimum absolute atomic E-state index is 0.441. The van der Waals surface area contributed by atoms with Crippen molar-refractivity contribution in [3.63, 3.8) is 0 Å². The van der Waals surface area contributed by atoms with Gasteiger partial charge in [-0.05, 0) is 18.2 Å². The summed E-state index contributed by atoms with van der Waals surface area (Å²) in [7, 11) is 1.63. The average Bonchev–Trinajstić information content (AvgIpc) is 2.88. The van der Waals surface area contributed by atoms with E-state index in [2.05, 4.69) is 20.3 Å². The summed E-state index contributed by atoms with van der Waals surface area (Å²) in [6.45, 7) is 0. The summed E-state index contributed by atoms with van der Waals surface area (Å²) in [4.78, 5) is 11.5. The van der Waals surface area contributed by atoms with E-state index in [4.69, 9.17) is 10.5 Å². The van der Waals surface area contributed by atoms with Crippen LogP contribution in [-0.2, 0) is 0 Å². The van der Waals surface area contributed by atoms with Gasteiger partial charge < -0.3 is 20.8 Å². The maximum absolute atomic E-state index is 5.88. The number of hydrogen-bond donors (Lipinski definition) is 3. The Kier molecular flexibility index (Phi) is 2.68. The van der Waals surface area contributed by atoms with Gasteiger partial charge in [0, 0.05) is 18.0 Å². The molecule has 0 fully saturated rings. The van der Waals surface area contributed by atoms with E-state index in [-0.39, 0.29) is 0 Å². The molecule has 0 radical (unpaired) electrons. The first-order valence-corrected chi connectivity index (χ1v) is 5.77. The largest absolute Gasteiger partial charge is 0.497 e. The number of anilines is 3. The van der Waals surface area contributed by atoms with Gasteiger partial charge in [0.1, 0.15) is 17.4 Å². The van der Waals surface area contributed by atoms with E-state index in [1.165, 1.54) is 0 Å². The van der Waals surface area contributed by atoms with Gasteiger partial charge in [-0.15, -0.1) is 0 Å². The Morgan fingerprint density at radius 3 is 3.05 bits per heavy atom. The number of hydrogen-bond acceptors (Lipinski definition) is 5. The highest BCUT2D eigenvalue weighted by Gasteiger charge is 2.11. The fourth-order valence-electron chi connectivity index (χ4n) is 1.86. The van der Waals surface area contributed by atoms with Crippen LogP contribution in [0.1, 0.15) is 0 Å². The first-order valence-electron chi connectivity index (χ1n) is 5.77. The van der Waals surface area contributed by atoms with Crippen molar-refractivity contribution >= 4 is 17.5 Å². The Balaban J connectivity index is 1.94. The number of ether oxygens (including phenoxy) is 1. The van der Waals surface area contributed by atoms with Gasteiger partial charge in [-0.2, -0.15) is 4.98 Å². The Morgan fingerprint density at radius 2 is 2.21 bits per heavy atom. The fraction of sp³-hybridized carbons (Fsp3) is 0.0769. The standard InChI is InChI=1S/C13H13N5O/c1-19-9-4-2-3-8(7-9)16-13-17-11(14)10-5-6-15-12(10)18-13/h2-7H,1H3,(H4,14,15,16,17,18). The van der Waals surface area contributed by atoms with Gasteiger partial charge >= 0.3 is 0 Å². The SMILES string of the molecule is COc1cccc(Nc2nc(N)c3ccnc-3[nH]2)c1. The lowest BCUT2D eigenvalue weighted by molar-refractivity contribution is 0.415. The number of nitrogens with two attached hydrogens (primary N) is 1. The molecule has 3 rings (SSSR count). The second-order valence-corrected chi connectivity index (χ2v) is 4.03. The first-order chi connectivity index (χ1) is 9.26. The van der Waals surface area contributed by atoms with Crippen LogP contribution in [0.4, 0.5) is 17.5 Å². The van der Waals surface area contributed by atoms with Crippen LogP contribution < -0.4 is 15.8 Å². The van der Waals surface area contributed by atoms with E-state index >= 15 is 0 Å². The van der Waals surface area contributed by atoms with Crippen LogP contribution in [0.25, 0.3) is 11.4 Å². The number of benzene rings is 1. The molecule has 0 saturated heterocycles. The van der Waals surface area contributed by atoms with Crippen molar-refractivity contribution in [2.45, 2.75) is 0 Å². The van der Waals surface area contributed by atoms with Gasteiger partial charge in [-0.3, -0.25) is 0 Å².